The molecule has 0 bridgehead atoms. The summed E-state index contributed by atoms with van der Waals surface area (Å²) in [5.74, 6) is 1.55. The Morgan fingerprint density at radius 3 is 2.68 bits per heavy atom. The van der Waals surface area contributed by atoms with Crippen LogP contribution in [0.4, 0.5) is 0 Å². The Hall–Kier alpha value is -1.10. The lowest BCUT2D eigenvalue weighted by Crippen LogP contribution is -2.54. The molecule has 0 aliphatic carbocycles. The monoisotopic (exact) mass is 306 g/mol. The predicted molar refractivity (Wildman–Crippen MR) is 90.3 cm³/mol. The zero-order valence-electron chi connectivity index (χ0n) is 14.3. The van der Waals surface area contributed by atoms with Crippen LogP contribution in [0.15, 0.2) is 24.3 Å². The zero-order chi connectivity index (χ0) is 16.1. The van der Waals surface area contributed by atoms with E-state index in [1.54, 1.807) is 7.11 Å². The van der Waals surface area contributed by atoms with Crippen LogP contribution in [0.25, 0.3) is 0 Å². The van der Waals surface area contributed by atoms with Crippen LogP contribution in [-0.2, 0) is 0 Å². The van der Waals surface area contributed by atoms with Crippen molar-refractivity contribution in [3.05, 3.63) is 29.8 Å². The van der Waals surface area contributed by atoms with Gasteiger partial charge in [0, 0.05) is 32.2 Å². The van der Waals surface area contributed by atoms with Gasteiger partial charge in [-0.25, -0.2) is 0 Å². The van der Waals surface area contributed by atoms with Crippen LogP contribution in [0.2, 0.25) is 0 Å². The molecule has 1 heterocycles. The molecule has 4 nitrogen and oxygen atoms in total. The van der Waals surface area contributed by atoms with E-state index in [4.69, 9.17) is 4.74 Å². The van der Waals surface area contributed by atoms with E-state index in [9.17, 15) is 5.11 Å². The number of ether oxygens (including phenoxy) is 1. The van der Waals surface area contributed by atoms with Gasteiger partial charge in [-0.3, -0.25) is 4.90 Å². The third-order valence-electron chi connectivity index (χ3n) is 4.44. The third kappa shape index (κ3) is 4.22. The standard InChI is InChI=1S/C18H30N2O2/c1-14(2)11-19-8-9-20(15(3)12-19)18(13-21)16-6-5-7-17(10-16)22-4/h5-7,10,14-15,18,21H,8-9,11-13H2,1-4H3. The first-order valence-corrected chi connectivity index (χ1v) is 8.28. The van der Waals surface area contributed by atoms with Gasteiger partial charge in [-0.15, -0.1) is 0 Å². The lowest BCUT2D eigenvalue weighted by Gasteiger charge is -2.44. The minimum absolute atomic E-state index is 0.0475. The first-order valence-electron chi connectivity index (χ1n) is 8.28. The van der Waals surface area contributed by atoms with Gasteiger partial charge in [0.15, 0.2) is 0 Å². The Balaban J connectivity index is 2.08. The van der Waals surface area contributed by atoms with Crippen LogP contribution in [0.5, 0.6) is 5.75 Å². The molecule has 22 heavy (non-hydrogen) atoms. The van der Waals surface area contributed by atoms with Crippen LogP contribution < -0.4 is 4.74 Å². The summed E-state index contributed by atoms with van der Waals surface area (Å²) in [7, 11) is 1.68. The minimum atomic E-state index is 0.0475. The average molecular weight is 306 g/mol. The van der Waals surface area contributed by atoms with Gasteiger partial charge in [0.05, 0.1) is 19.8 Å². The van der Waals surface area contributed by atoms with Crippen molar-refractivity contribution < 1.29 is 9.84 Å². The highest BCUT2D eigenvalue weighted by atomic mass is 16.5. The Bertz CT molecular complexity index is 464. The topological polar surface area (TPSA) is 35.9 Å². The number of hydrogen-bond acceptors (Lipinski definition) is 4. The fourth-order valence-electron chi connectivity index (χ4n) is 3.44. The number of benzene rings is 1. The van der Waals surface area contributed by atoms with Gasteiger partial charge in [0.2, 0.25) is 0 Å². The molecule has 1 aromatic rings. The fraction of sp³-hybridized carbons (Fsp3) is 0.667. The molecular weight excluding hydrogens is 276 g/mol. The largest absolute Gasteiger partial charge is 0.497 e. The summed E-state index contributed by atoms with van der Waals surface area (Å²) in [5, 5.41) is 9.93. The number of rotatable bonds is 6. The first kappa shape index (κ1) is 17.3. The molecule has 4 heteroatoms. The van der Waals surface area contributed by atoms with Crippen molar-refractivity contribution >= 4 is 0 Å². The van der Waals surface area contributed by atoms with Gasteiger partial charge in [-0.1, -0.05) is 26.0 Å². The molecule has 2 unspecified atom stereocenters. The van der Waals surface area contributed by atoms with Crippen LogP contribution in [0, 0.1) is 5.92 Å². The highest BCUT2D eigenvalue weighted by molar-refractivity contribution is 5.30. The van der Waals surface area contributed by atoms with Crippen LogP contribution in [-0.4, -0.2) is 60.8 Å². The number of piperazine rings is 1. The SMILES string of the molecule is COc1cccc(C(CO)N2CCN(CC(C)C)CC2C)c1. The Labute approximate surface area is 134 Å². The number of aliphatic hydroxyl groups is 1. The normalized spacial score (nSPS) is 22.0. The van der Waals surface area contributed by atoms with Gasteiger partial charge in [0.25, 0.3) is 0 Å². The quantitative estimate of drug-likeness (QED) is 0.875. The van der Waals surface area contributed by atoms with Crippen LogP contribution in [0.3, 0.4) is 0 Å². The van der Waals surface area contributed by atoms with Crippen molar-refractivity contribution in [1.29, 1.82) is 0 Å². The Kier molecular flexibility index (Phi) is 6.24. The summed E-state index contributed by atoms with van der Waals surface area (Å²) >= 11 is 0. The van der Waals surface area contributed by atoms with Crippen molar-refractivity contribution in [3.63, 3.8) is 0 Å². The summed E-state index contributed by atoms with van der Waals surface area (Å²) in [6, 6.07) is 8.55. The molecule has 2 rings (SSSR count). The molecular formula is C18H30N2O2. The summed E-state index contributed by atoms with van der Waals surface area (Å²) in [6.07, 6.45) is 0. The summed E-state index contributed by atoms with van der Waals surface area (Å²) in [6.45, 7) is 11.2. The molecule has 0 aromatic heterocycles. The highest BCUT2D eigenvalue weighted by Crippen LogP contribution is 2.27. The zero-order valence-corrected chi connectivity index (χ0v) is 14.3. The first-order chi connectivity index (χ1) is 10.5. The van der Waals surface area contributed by atoms with Crippen molar-refractivity contribution in [2.45, 2.75) is 32.9 Å². The Morgan fingerprint density at radius 1 is 1.32 bits per heavy atom. The van der Waals surface area contributed by atoms with Gasteiger partial charge in [-0.2, -0.15) is 0 Å². The molecule has 1 fully saturated rings. The lowest BCUT2D eigenvalue weighted by atomic mass is 10.0. The average Bonchev–Trinajstić information content (AvgIpc) is 2.50. The van der Waals surface area contributed by atoms with E-state index in [0.29, 0.717) is 12.0 Å². The summed E-state index contributed by atoms with van der Waals surface area (Å²) in [5.41, 5.74) is 1.13. The molecule has 1 aromatic carbocycles. The van der Waals surface area contributed by atoms with Gasteiger partial charge < -0.3 is 14.7 Å². The molecule has 124 valence electrons. The van der Waals surface area contributed by atoms with Gasteiger partial charge in [-0.05, 0) is 30.5 Å². The number of aliphatic hydroxyl groups excluding tert-OH is 1. The molecule has 1 saturated heterocycles. The van der Waals surface area contributed by atoms with Gasteiger partial charge in [0.1, 0.15) is 5.75 Å². The molecule has 2 atom stereocenters. The second kappa shape index (κ2) is 7.95. The predicted octanol–water partition coefficient (Wildman–Crippen LogP) is 2.39. The molecule has 1 aliphatic rings. The van der Waals surface area contributed by atoms with Crippen molar-refractivity contribution in [2.75, 3.05) is 39.9 Å². The molecule has 1 aliphatic heterocycles. The van der Waals surface area contributed by atoms with E-state index < -0.39 is 0 Å². The summed E-state index contributed by atoms with van der Waals surface area (Å²) in [4.78, 5) is 4.96. The number of methoxy groups -OCH3 is 1. The molecule has 0 saturated carbocycles. The molecule has 1 N–H and O–H groups in total. The summed E-state index contributed by atoms with van der Waals surface area (Å²) < 4.78 is 5.32. The minimum Gasteiger partial charge on any atom is -0.497 e. The van der Waals surface area contributed by atoms with E-state index in [-0.39, 0.29) is 12.6 Å². The number of nitrogens with zero attached hydrogens (tertiary/aromatic N) is 2. The molecule has 0 amide bonds. The van der Waals surface area contributed by atoms with Crippen molar-refractivity contribution in [2.24, 2.45) is 5.92 Å². The van der Waals surface area contributed by atoms with Crippen molar-refractivity contribution in [1.82, 2.24) is 9.80 Å². The van der Waals surface area contributed by atoms with Gasteiger partial charge >= 0.3 is 0 Å². The molecule has 0 spiro atoms. The van der Waals surface area contributed by atoms with Crippen molar-refractivity contribution in [3.8, 4) is 5.75 Å². The van der Waals surface area contributed by atoms with E-state index in [2.05, 4.69) is 36.6 Å². The smallest absolute Gasteiger partial charge is 0.119 e. The maximum atomic E-state index is 9.93. The van der Waals surface area contributed by atoms with E-state index in [1.165, 1.54) is 0 Å². The second-order valence-electron chi connectivity index (χ2n) is 6.72. The van der Waals surface area contributed by atoms with E-state index in [1.807, 2.05) is 18.2 Å². The van der Waals surface area contributed by atoms with E-state index in [0.717, 1.165) is 37.5 Å². The fourth-order valence-corrected chi connectivity index (χ4v) is 3.44. The lowest BCUT2D eigenvalue weighted by molar-refractivity contribution is 0.0214. The second-order valence-corrected chi connectivity index (χ2v) is 6.72. The maximum Gasteiger partial charge on any atom is 0.119 e. The van der Waals surface area contributed by atoms with Crippen LogP contribution in [0.1, 0.15) is 32.4 Å². The molecule has 0 radical (unpaired) electrons. The van der Waals surface area contributed by atoms with Crippen LogP contribution >= 0.6 is 0 Å². The highest BCUT2D eigenvalue weighted by Gasteiger charge is 2.30. The third-order valence-corrected chi connectivity index (χ3v) is 4.44. The Morgan fingerprint density at radius 2 is 2.09 bits per heavy atom. The maximum absolute atomic E-state index is 9.93. The number of hydrogen-bond donors (Lipinski definition) is 1. The van der Waals surface area contributed by atoms with E-state index >= 15 is 0 Å².